The zero-order valence-electron chi connectivity index (χ0n) is 9.05. The van der Waals surface area contributed by atoms with Crippen LogP contribution in [0.3, 0.4) is 0 Å². The Morgan fingerprint density at radius 1 is 1.44 bits per heavy atom. The summed E-state index contributed by atoms with van der Waals surface area (Å²) in [7, 11) is 0. The van der Waals surface area contributed by atoms with E-state index in [2.05, 4.69) is 15.3 Å². The highest BCUT2D eigenvalue weighted by molar-refractivity contribution is 7.98. The predicted molar refractivity (Wildman–Crippen MR) is 58.5 cm³/mol. The van der Waals surface area contributed by atoms with Crippen LogP contribution in [0.4, 0.5) is 13.2 Å². The topological polar surface area (TPSA) is 56.2 Å². The molecule has 2 aromatic heterocycles. The van der Waals surface area contributed by atoms with Crippen LogP contribution >= 0.6 is 11.8 Å². The van der Waals surface area contributed by atoms with Gasteiger partial charge in [-0.05, 0) is 18.4 Å². The van der Waals surface area contributed by atoms with Gasteiger partial charge in [0, 0.05) is 0 Å². The lowest BCUT2D eigenvalue weighted by atomic mass is 10.5. The Morgan fingerprint density at radius 2 is 2.22 bits per heavy atom. The lowest BCUT2D eigenvalue weighted by Crippen LogP contribution is -2.13. The molecule has 0 spiro atoms. The molecule has 0 saturated heterocycles. The van der Waals surface area contributed by atoms with Gasteiger partial charge in [-0.15, -0.1) is 10.2 Å². The van der Waals surface area contributed by atoms with E-state index in [1.165, 1.54) is 12.5 Å². The van der Waals surface area contributed by atoms with E-state index in [1.807, 2.05) is 0 Å². The van der Waals surface area contributed by atoms with Crippen LogP contribution in [0.5, 0.6) is 0 Å². The summed E-state index contributed by atoms with van der Waals surface area (Å²) >= 11 is 1.01. The minimum absolute atomic E-state index is 0.0464. The molecule has 0 unspecified atom stereocenters. The summed E-state index contributed by atoms with van der Waals surface area (Å²) in [4.78, 5) is 0. The smallest absolute Gasteiger partial charge is 0.453 e. The van der Waals surface area contributed by atoms with E-state index in [1.54, 1.807) is 18.4 Å². The van der Waals surface area contributed by atoms with Crippen molar-refractivity contribution in [2.75, 3.05) is 6.26 Å². The fourth-order valence-electron chi connectivity index (χ4n) is 1.15. The molecule has 0 N–H and O–H groups in total. The molecule has 96 valence electrons. The summed E-state index contributed by atoms with van der Waals surface area (Å²) in [6.07, 6.45) is -0.462. The van der Waals surface area contributed by atoms with Crippen molar-refractivity contribution < 1.29 is 17.6 Å². The molecule has 2 rings (SSSR count). The summed E-state index contributed by atoms with van der Waals surface area (Å²) in [5, 5.41) is 10.2. The Morgan fingerprint density at radius 3 is 2.78 bits per heavy atom. The number of alkyl halides is 3. The largest absolute Gasteiger partial charge is 0.463 e. The molecule has 0 aliphatic heterocycles. The zero-order chi connectivity index (χ0) is 13.2. The number of thioether (sulfide) groups is 1. The molecule has 0 aliphatic carbocycles. The van der Waals surface area contributed by atoms with Gasteiger partial charge in [-0.1, -0.05) is 11.8 Å². The number of halogens is 3. The van der Waals surface area contributed by atoms with E-state index >= 15 is 0 Å². The zero-order valence-corrected chi connectivity index (χ0v) is 9.87. The first-order valence-electron chi connectivity index (χ1n) is 4.67. The van der Waals surface area contributed by atoms with Crippen LogP contribution in [-0.4, -0.2) is 27.3 Å². The van der Waals surface area contributed by atoms with Gasteiger partial charge in [0.2, 0.25) is 5.16 Å². The highest BCUT2D eigenvalue weighted by Crippen LogP contribution is 2.29. The van der Waals surface area contributed by atoms with Crippen molar-refractivity contribution in [3.05, 3.63) is 30.0 Å². The van der Waals surface area contributed by atoms with Gasteiger partial charge in [0.25, 0.3) is 5.82 Å². The summed E-state index contributed by atoms with van der Waals surface area (Å²) in [6, 6.07) is 3.17. The van der Waals surface area contributed by atoms with Crippen molar-refractivity contribution in [1.82, 2.24) is 14.9 Å². The van der Waals surface area contributed by atoms with E-state index in [9.17, 15) is 13.2 Å². The second kappa shape index (κ2) is 4.84. The Bertz CT molecular complexity index is 547. The number of furan rings is 1. The maximum Gasteiger partial charge on any atom is 0.453 e. The molecular weight excluding hydrogens is 269 g/mol. The molecule has 5 nitrogen and oxygen atoms in total. The number of aromatic nitrogens is 3. The SMILES string of the molecule is CSc1nnc(C(F)(F)F)n1/N=C/c1ccco1. The first-order chi connectivity index (χ1) is 8.52. The first-order valence-corrected chi connectivity index (χ1v) is 5.89. The van der Waals surface area contributed by atoms with Crippen LogP contribution in [0.15, 0.2) is 33.1 Å². The lowest BCUT2D eigenvalue weighted by Gasteiger charge is -2.05. The molecule has 0 aromatic carbocycles. The molecule has 2 heterocycles. The molecule has 9 heteroatoms. The predicted octanol–water partition coefficient (Wildman–Crippen LogP) is 2.49. The second-order valence-electron chi connectivity index (χ2n) is 3.08. The fraction of sp³-hybridized carbons (Fsp3) is 0.222. The number of hydrogen-bond acceptors (Lipinski definition) is 5. The van der Waals surface area contributed by atoms with Crippen molar-refractivity contribution in [3.63, 3.8) is 0 Å². The van der Waals surface area contributed by atoms with E-state index < -0.39 is 12.0 Å². The normalized spacial score (nSPS) is 12.4. The molecule has 0 fully saturated rings. The van der Waals surface area contributed by atoms with Crippen LogP contribution in [0, 0.1) is 0 Å². The summed E-state index contributed by atoms with van der Waals surface area (Å²) in [5.41, 5.74) is 0. The van der Waals surface area contributed by atoms with Gasteiger partial charge in [-0.25, -0.2) is 0 Å². The van der Waals surface area contributed by atoms with Crippen LogP contribution in [0.1, 0.15) is 11.6 Å². The fourth-order valence-corrected chi connectivity index (χ4v) is 1.58. The highest BCUT2D eigenvalue weighted by atomic mass is 32.2. The van der Waals surface area contributed by atoms with Gasteiger partial charge in [0.05, 0.1) is 12.5 Å². The minimum Gasteiger partial charge on any atom is -0.463 e. The van der Waals surface area contributed by atoms with Crippen LogP contribution in [0.25, 0.3) is 0 Å². The average Bonchev–Trinajstić information content (AvgIpc) is 2.94. The lowest BCUT2D eigenvalue weighted by molar-refractivity contribution is -0.147. The Balaban J connectivity index is 2.39. The third-order valence-electron chi connectivity index (χ3n) is 1.89. The van der Waals surface area contributed by atoms with Gasteiger partial charge in [0.1, 0.15) is 5.76 Å². The highest BCUT2D eigenvalue weighted by Gasteiger charge is 2.38. The van der Waals surface area contributed by atoms with Crippen LogP contribution in [0.2, 0.25) is 0 Å². The number of hydrogen-bond donors (Lipinski definition) is 0. The first kappa shape index (κ1) is 12.7. The van der Waals surface area contributed by atoms with Gasteiger partial charge in [0.15, 0.2) is 0 Å². The molecule has 0 aliphatic rings. The Kier molecular flexibility index (Phi) is 3.41. The van der Waals surface area contributed by atoms with Crippen LogP contribution < -0.4 is 0 Å². The van der Waals surface area contributed by atoms with E-state index in [-0.39, 0.29) is 5.16 Å². The standard InChI is InChI=1S/C9H7F3N4OS/c1-18-8-15-14-7(9(10,11)12)16(8)13-5-6-3-2-4-17-6/h2-5H,1H3/b13-5+. The molecule has 0 bridgehead atoms. The molecule has 0 amide bonds. The minimum atomic E-state index is -4.61. The van der Waals surface area contributed by atoms with Crippen molar-refractivity contribution >= 4 is 18.0 Å². The van der Waals surface area contributed by atoms with E-state index in [4.69, 9.17) is 4.42 Å². The van der Waals surface area contributed by atoms with Crippen LogP contribution in [-0.2, 0) is 6.18 Å². The van der Waals surface area contributed by atoms with Crippen molar-refractivity contribution in [1.29, 1.82) is 0 Å². The Hall–Kier alpha value is -1.77. The van der Waals surface area contributed by atoms with Gasteiger partial charge in [-0.3, -0.25) is 0 Å². The third kappa shape index (κ3) is 2.55. The summed E-state index contributed by atoms with van der Waals surface area (Å²) in [6.45, 7) is 0. The van der Waals surface area contributed by atoms with Gasteiger partial charge in [-0.2, -0.15) is 22.9 Å². The maximum atomic E-state index is 12.6. The molecule has 0 atom stereocenters. The van der Waals surface area contributed by atoms with E-state index in [0.717, 1.165) is 11.8 Å². The molecular formula is C9H7F3N4OS. The second-order valence-corrected chi connectivity index (χ2v) is 3.85. The van der Waals surface area contributed by atoms with Gasteiger partial charge >= 0.3 is 6.18 Å². The quantitative estimate of drug-likeness (QED) is 0.638. The monoisotopic (exact) mass is 276 g/mol. The van der Waals surface area contributed by atoms with Gasteiger partial charge < -0.3 is 4.42 Å². The summed E-state index contributed by atoms with van der Waals surface area (Å²) < 4.78 is 43.5. The van der Waals surface area contributed by atoms with Crippen molar-refractivity contribution in [2.24, 2.45) is 5.10 Å². The molecule has 0 radical (unpaired) electrons. The number of rotatable bonds is 3. The van der Waals surface area contributed by atoms with Crippen molar-refractivity contribution in [3.8, 4) is 0 Å². The maximum absolute atomic E-state index is 12.6. The molecule has 18 heavy (non-hydrogen) atoms. The molecule has 2 aromatic rings. The van der Waals surface area contributed by atoms with E-state index in [0.29, 0.717) is 10.4 Å². The average molecular weight is 276 g/mol. The van der Waals surface area contributed by atoms with Crippen molar-refractivity contribution in [2.45, 2.75) is 11.3 Å². The Labute approximate surface area is 104 Å². The third-order valence-corrected chi connectivity index (χ3v) is 2.51. The molecule has 0 saturated carbocycles. The number of nitrogens with zero attached hydrogens (tertiary/aromatic N) is 4. The summed E-state index contributed by atoms with van der Waals surface area (Å²) in [5.74, 6) is -0.835.